The fraction of sp³-hybridized carbons (Fsp3) is 0.387. The molecule has 222 valence electrons. The number of hydrogen-bond donors (Lipinski definition) is 1. The van der Waals surface area contributed by atoms with Gasteiger partial charge in [-0.1, -0.05) is 18.2 Å². The van der Waals surface area contributed by atoms with Crippen LogP contribution in [0.3, 0.4) is 0 Å². The molecule has 2 heterocycles. The Labute approximate surface area is 251 Å². The molecular formula is C31H36Cl2F3N3O2. The van der Waals surface area contributed by atoms with Crippen LogP contribution >= 0.6 is 24.8 Å². The minimum absolute atomic E-state index is 0. The van der Waals surface area contributed by atoms with Gasteiger partial charge in [0, 0.05) is 37.5 Å². The fourth-order valence-electron chi connectivity index (χ4n) is 5.49. The molecule has 0 aliphatic carbocycles. The summed E-state index contributed by atoms with van der Waals surface area (Å²) in [6, 6.07) is 14.6. The smallest absolute Gasteiger partial charge is 0.321 e. The predicted molar refractivity (Wildman–Crippen MR) is 160 cm³/mol. The number of nitrogens with one attached hydrogen (secondary N) is 1. The summed E-state index contributed by atoms with van der Waals surface area (Å²) in [4.78, 5) is 17.0. The van der Waals surface area contributed by atoms with Gasteiger partial charge in [0.1, 0.15) is 5.75 Å². The first-order chi connectivity index (χ1) is 18.9. The first-order valence-corrected chi connectivity index (χ1v) is 13.7. The number of nitrogens with zero attached hydrogens (tertiary/aromatic N) is 2. The second-order valence-electron chi connectivity index (χ2n) is 10.5. The van der Waals surface area contributed by atoms with Gasteiger partial charge >= 0.3 is 6.03 Å². The van der Waals surface area contributed by atoms with Crippen molar-refractivity contribution in [3.8, 4) is 11.5 Å². The van der Waals surface area contributed by atoms with Crippen molar-refractivity contribution in [3.63, 3.8) is 0 Å². The Bertz CT molecular complexity index is 1310. The molecule has 2 fully saturated rings. The number of carbonyl (C=O) groups excluding carboxylic acids is 1. The van der Waals surface area contributed by atoms with Crippen molar-refractivity contribution < 1.29 is 22.7 Å². The summed E-state index contributed by atoms with van der Waals surface area (Å²) in [5.74, 6) is -2.92. The highest BCUT2D eigenvalue weighted by atomic mass is 35.5. The maximum atomic E-state index is 13.9. The topological polar surface area (TPSA) is 44.8 Å². The molecule has 5 rings (SSSR count). The monoisotopic (exact) mass is 609 g/mol. The summed E-state index contributed by atoms with van der Waals surface area (Å²) in [5, 5.41) is 3.10. The van der Waals surface area contributed by atoms with E-state index in [2.05, 4.69) is 29.3 Å². The Morgan fingerprint density at radius 2 is 1.51 bits per heavy atom. The first-order valence-electron chi connectivity index (χ1n) is 13.7. The van der Waals surface area contributed by atoms with E-state index in [1.54, 1.807) is 12.1 Å². The highest BCUT2D eigenvalue weighted by Crippen LogP contribution is 2.33. The van der Waals surface area contributed by atoms with Crippen molar-refractivity contribution in [1.29, 1.82) is 0 Å². The summed E-state index contributed by atoms with van der Waals surface area (Å²) in [6.45, 7) is 6.46. The molecule has 3 aromatic rings. The molecule has 1 N–H and O–H groups in total. The molecule has 10 heteroatoms. The van der Waals surface area contributed by atoms with Crippen LogP contribution in [0.2, 0.25) is 0 Å². The number of halogens is 5. The predicted octanol–water partition coefficient (Wildman–Crippen LogP) is 8.45. The molecule has 2 saturated heterocycles. The Morgan fingerprint density at radius 3 is 2.20 bits per heavy atom. The van der Waals surface area contributed by atoms with Crippen molar-refractivity contribution in [3.05, 3.63) is 88.7 Å². The zero-order chi connectivity index (χ0) is 27.4. The van der Waals surface area contributed by atoms with E-state index in [0.717, 1.165) is 69.7 Å². The lowest BCUT2D eigenvalue weighted by atomic mass is 9.86. The van der Waals surface area contributed by atoms with Gasteiger partial charge in [0.05, 0.1) is 0 Å². The van der Waals surface area contributed by atoms with Gasteiger partial charge in [-0.3, -0.25) is 4.90 Å². The third-order valence-electron chi connectivity index (χ3n) is 7.73. The molecular weight excluding hydrogens is 574 g/mol. The number of amides is 2. The van der Waals surface area contributed by atoms with Gasteiger partial charge in [-0.15, -0.1) is 24.8 Å². The van der Waals surface area contributed by atoms with Crippen LogP contribution < -0.4 is 10.1 Å². The molecule has 2 aliphatic rings. The van der Waals surface area contributed by atoms with Gasteiger partial charge in [0.2, 0.25) is 0 Å². The lowest BCUT2D eigenvalue weighted by Gasteiger charge is -2.33. The van der Waals surface area contributed by atoms with Crippen molar-refractivity contribution in [2.75, 3.05) is 31.5 Å². The van der Waals surface area contributed by atoms with Crippen LogP contribution in [-0.4, -0.2) is 42.0 Å². The average Bonchev–Trinajstić information content (AvgIpc) is 2.95. The van der Waals surface area contributed by atoms with Crippen molar-refractivity contribution in [1.82, 2.24) is 9.80 Å². The summed E-state index contributed by atoms with van der Waals surface area (Å²) < 4.78 is 45.9. The Hall–Kier alpha value is -2.94. The summed E-state index contributed by atoms with van der Waals surface area (Å²) in [5.41, 5.74) is 4.50. The van der Waals surface area contributed by atoms with Crippen LogP contribution in [0.15, 0.2) is 54.6 Å². The largest absolute Gasteiger partial charge is 0.454 e. The molecule has 5 nitrogen and oxygen atoms in total. The third-order valence-corrected chi connectivity index (χ3v) is 7.73. The van der Waals surface area contributed by atoms with Crippen LogP contribution in [-0.2, 0) is 6.54 Å². The molecule has 0 spiro atoms. The molecule has 0 bridgehead atoms. The molecule has 0 radical (unpaired) electrons. The van der Waals surface area contributed by atoms with Crippen molar-refractivity contribution >= 4 is 36.5 Å². The Morgan fingerprint density at radius 1 is 0.854 bits per heavy atom. The average molecular weight is 611 g/mol. The number of anilines is 1. The number of urea groups is 1. The van der Waals surface area contributed by atoms with Crippen LogP contribution in [0.1, 0.15) is 54.7 Å². The molecule has 3 aromatic carbocycles. The van der Waals surface area contributed by atoms with Gasteiger partial charge in [-0.05, 0) is 99.0 Å². The molecule has 0 atom stereocenters. The van der Waals surface area contributed by atoms with E-state index in [4.69, 9.17) is 4.74 Å². The highest BCUT2D eigenvalue weighted by molar-refractivity contribution is 5.89. The maximum absolute atomic E-state index is 13.9. The molecule has 0 aromatic heterocycles. The summed E-state index contributed by atoms with van der Waals surface area (Å²) in [7, 11) is 0. The number of hydrogen-bond acceptors (Lipinski definition) is 3. The van der Waals surface area contributed by atoms with Crippen LogP contribution in [0.5, 0.6) is 11.5 Å². The van der Waals surface area contributed by atoms with Crippen LogP contribution in [0.25, 0.3) is 0 Å². The maximum Gasteiger partial charge on any atom is 0.321 e. The van der Waals surface area contributed by atoms with Gasteiger partial charge in [-0.25, -0.2) is 18.0 Å². The van der Waals surface area contributed by atoms with E-state index in [1.807, 2.05) is 23.1 Å². The minimum Gasteiger partial charge on any atom is -0.454 e. The van der Waals surface area contributed by atoms with Crippen molar-refractivity contribution in [2.45, 2.75) is 51.5 Å². The van der Waals surface area contributed by atoms with Crippen LogP contribution in [0.4, 0.5) is 23.7 Å². The molecule has 2 amide bonds. The number of aryl methyl sites for hydroxylation is 1. The first kappa shape index (κ1) is 32.6. The number of likely N-dealkylation sites (tertiary alicyclic amines) is 2. The lowest BCUT2D eigenvalue weighted by Crippen LogP contribution is -2.38. The van der Waals surface area contributed by atoms with E-state index in [1.165, 1.54) is 17.5 Å². The highest BCUT2D eigenvalue weighted by Gasteiger charge is 2.23. The second-order valence-corrected chi connectivity index (χ2v) is 10.5. The molecule has 0 unspecified atom stereocenters. The van der Waals surface area contributed by atoms with E-state index < -0.39 is 17.5 Å². The fourth-order valence-corrected chi connectivity index (χ4v) is 5.49. The van der Waals surface area contributed by atoms with Gasteiger partial charge in [0.25, 0.3) is 0 Å². The Balaban J connectivity index is 0.00000231. The third kappa shape index (κ3) is 8.31. The molecule has 2 aliphatic heterocycles. The normalized spacial score (nSPS) is 16.0. The minimum atomic E-state index is -1.25. The van der Waals surface area contributed by atoms with Crippen LogP contribution in [0, 0.1) is 24.4 Å². The Kier molecular flexibility index (Phi) is 11.8. The zero-order valence-electron chi connectivity index (χ0n) is 23.0. The lowest BCUT2D eigenvalue weighted by molar-refractivity contribution is 0.200. The second kappa shape index (κ2) is 14.8. The quantitative estimate of drug-likeness (QED) is 0.285. The number of carbonyl (C=O) groups is 1. The van der Waals surface area contributed by atoms with E-state index in [-0.39, 0.29) is 36.6 Å². The van der Waals surface area contributed by atoms with E-state index in [0.29, 0.717) is 23.8 Å². The number of benzene rings is 3. The molecule has 0 saturated carbocycles. The van der Waals surface area contributed by atoms with Gasteiger partial charge in [-0.2, -0.15) is 0 Å². The standard InChI is InChI=1S/C31H34F3N3O2.2ClH/c1-21-5-8-24(35-31(38)37-13-3-2-4-14-37)17-26(21)23-11-15-36(16-12-23)20-22-6-9-25(10-7-22)39-30-19-28(33)27(32)18-29(30)34;;/h5-10,17-19,23H,2-4,11-16,20H2,1H3,(H,35,38);2*1H. The summed E-state index contributed by atoms with van der Waals surface area (Å²) in [6.07, 6.45) is 5.39. The number of ether oxygens (including phenoxy) is 1. The molecule has 41 heavy (non-hydrogen) atoms. The summed E-state index contributed by atoms with van der Waals surface area (Å²) >= 11 is 0. The van der Waals surface area contributed by atoms with Gasteiger partial charge < -0.3 is 15.0 Å². The van der Waals surface area contributed by atoms with E-state index >= 15 is 0 Å². The number of rotatable bonds is 6. The number of piperidine rings is 2. The zero-order valence-corrected chi connectivity index (χ0v) is 24.6. The van der Waals surface area contributed by atoms with Gasteiger partial charge in [0.15, 0.2) is 23.2 Å². The SMILES string of the molecule is Cc1ccc(NC(=O)N2CCCCC2)cc1C1CCN(Cc2ccc(Oc3cc(F)c(F)cc3F)cc2)CC1.Cl.Cl. The van der Waals surface area contributed by atoms with Crippen molar-refractivity contribution in [2.24, 2.45) is 0 Å². The van der Waals surface area contributed by atoms with E-state index in [9.17, 15) is 18.0 Å².